The highest BCUT2D eigenvalue weighted by Crippen LogP contribution is 2.42. The number of unbranched alkanes of at least 4 members (excludes halogenated alkanes) is 1. The normalized spacial score (nSPS) is 19.0. The van der Waals surface area contributed by atoms with Gasteiger partial charge in [-0.1, -0.05) is 26.2 Å². The largest absolute Gasteiger partial charge is 0.573 e. The molecule has 1 aliphatic rings. The molecule has 1 aliphatic carbocycles. The number of hydrogen-bond acceptors (Lipinski definition) is 2. The van der Waals surface area contributed by atoms with Crippen molar-refractivity contribution in [1.29, 1.82) is 0 Å². The molecule has 0 heterocycles. The molecule has 2 nitrogen and oxygen atoms in total. The number of alkyl halides is 5. The summed E-state index contributed by atoms with van der Waals surface area (Å²) >= 11 is 0. The van der Waals surface area contributed by atoms with E-state index in [2.05, 4.69) is 16.4 Å². The van der Waals surface area contributed by atoms with Gasteiger partial charge >= 0.3 is 12.5 Å². The Morgan fingerprint density at radius 1 is 0.771 bits per heavy atom. The van der Waals surface area contributed by atoms with Gasteiger partial charge in [0.05, 0.1) is 0 Å². The van der Waals surface area contributed by atoms with Crippen LogP contribution < -0.4 is 9.47 Å². The summed E-state index contributed by atoms with van der Waals surface area (Å²) in [5.74, 6) is -10.1. The summed E-state index contributed by atoms with van der Waals surface area (Å²) < 4.78 is 130. The molecule has 11 heteroatoms. The first-order valence-electron chi connectivity index (χ1n) is 11.1. The third-order valence-electron chi connectivity index (χ3n) is 6.08. The summed E-state index contributed by atoms with van der Waals surface area (Å²) in [6.45, 7) is 2.09. The maximum atomic E-state index is 14.6. The Morgan fingerprint density at radius 2 is 1.31 bits per heavy atom. The van der Waals surface area contributed by atoms with Crippen molar-refractivity contribution in [2.75, 3.05) is 0 Å². The molecule has 0 aromatic heterocycles. The molecule has 2 aromatic carbocycles. The van der Waals surface area contributed by atoms with E-state index in [0.29, 0.717) is 18.8 Å². The maximum Gasteiger partial charge on any atom is 0.573 e. The lowest BCUT2D eigenvalue weighted by atomic mass is 9.77. The van der Waals surface area contributed by atoms with Crippen LogP contribution in [0.5, 0.6) is 11.5 Å². The second-order valence-corrected chi connectivity index (χ2v) is 8.60. The van der Waals surface area contributed by atoms with E-state index in [4.69, 9.17) is 0 Å². The van der Waals surface area contributed by atoms with Crippen molar-refractivity contribution in [2.45, 2.75) is 70.3 Å². The van der Waals surface area contributed by atoms with E-state index in [9.17, 15) is 39.5 Å². The van der Waals surface area contributed by atoms with Gasteiger partial charge in [-0.05, 0) is 55.2 Å². The van der Waals surface area contributed by atoms with E-state index in [0.717, 1.165) is 44.2 Å². The van der Waals surface area contributed by atoms with Gasteiger partial charge in [0, 0.05) is 12.1 Å². The van der Waals surface area contributed by atoms with Crippen LogP contribution in [0.2, 0.25) is 0 Å². The minimum Gasteiger partial charge on any atom is -0.429 e. The predicted octanol–water partition coefficient (Wildman–Crippen LogP) is 8.73. The van der Waals surface area contributed by atoms with Gasteiger partial charge in [-0.15, -0.1) is 13.2 Å². The van der Waals surface area contributed by atoms with Gasteiger partial charge in [-0.3, -0.25) is 0 Å². The number of benzene rings is 2. The summed E-state index contributed by atoms with van der Waals surface area (Å²) in [5, 5.41) is 0. The third-order valence-corrected chi connectivity index (χ3v) is 6.08. The monoisotopic (exact) mass is 514 g/mol. The first-order chi connectivity index (χ1) is 16.3. The lowest BCUT2D eigenvalue weighted by Gasteiger charge is -2.29. The van der Waals surface area contributed by atoms with Crippen LogP contribution in [0.3, 0.4) is 0 Å². The van der Waals surface area contributed by atoms with Crippen molar-refractivity contribution >= 4 is 0 Å². The Labute approximate surface area is 196 Å². The van der Waals surface area contributed by atoms with Crippen LogP contribution >= 0.6 is 0 Å². The molecule has 3 rings (SSSR count). The maximum absolute atomic E-state index is 14.6. The van der Waals surface area contributed by atoms with E-state index in [1.165, 1.54) is 0 Å². The zero-order valence-electron chi connectivity index (χ0n) is 18.6. The number of hydrogen-bond donors (Lipinski definition) is 0. The Hall–Kier alpha value is -2.59. The minimum atomic E-state index is -5.45. The predicted molar refractivity (Wildman–Crippen MR) is 108 cm³/mol. The van der Waals surface area contributed by atoms with Crippen LogP contribution in [0.25, 0.3) is 0 Å². The topological polar surface area (TPSA) is 18.5 Å². The first kappa shape index (κ1) is 27.0. The molecule has 0 aliphatic heterocycles. The first-order valence-corrected chi connectivity index (χ1v) is 11.1. The second-order valence-electron chi connectivity index (χ2n) is 8.60. The van der Waals surface area contributed by atoms with Gasteiger partial charge in [-0.25, -0.2) is 17.6 Å². The standard InChI is InChI=1S/C24H23F9O2/c1-2-3-4-13-5-7-14(8-6-13)15-9-17(25)21(18(26)10-15)23(29,30)34-16-11-19(27)22(20(28)12-16)35-24(31,32)33/h9-14H,2-8H2,1H3. The van der Waals surface area contributed by atoms with Crippen molar-refractivity contribution in [1.82, 2.24) is 0 Å². The lowest BCUT2D eigenvalue weighted by Crippen LogP contribution is -2.26. The molecule has 0 atom stereocenters. The van der Waals surface area contributed by atoms with Gasteiger partial charge < -0.3 is 9.47 Å². The van der Waals surface area contributed by atoms with Gasteiger partial charge in [-0.2, -0.15) is 8.78 Å². The molecular formula is C24H23F9O2. The van der Waals surface area contributed by atoms with Crippen LogP contribution in [0.1, 0.15) is 68.9 Å². The molecule has 1 saturated carbocycles. The molecule has 0 unspecified atom stereocenters. The highest BCUT2D eigenvalue weighted by molar-refractivity contribution is 5.37. The highest BCUT2D eigenvalue weighted by atomic mass is 19.4. The fraction of sp³-hybridized carbons (Fsp3) is 0.500. The summed E-state index contributed by atoms with van der Waals surface area (Å²) in [6.07, 6.45) is -3.91. The molecular weight excluding hydrogens is 491 g/mol. The van der Waals surface area contributed by atoms with Gasteiger partial charge in [0.2, 0.25) is 5.75 Å². The second kappa shape index (κ2) is 10.6. The Morgan fingerprint density at radius 3 is 1.80 bits per heavy atom. The molecule has 0 N–H and O–H groups in total. The molecule has 0 spiro atoms. The van der Waals surface area contributed by atoms with Crippen molar-refractivity contribution < 1.29 is 49.0 Å². The fourth-order valence-electron chi connectivity index (χ4n) is 4.39. The SMILES string of the molecule is CCCCC1CCC(c2cc(F)c(C(F)(F)Oc3cc(F)c(OC(F)(F)F)c(F)c3)c(F)c2)CC1. The quantitative estimate of drug-likeness (QED) is 0.328. The van der Waals surface area contributed by atoms with Crippen LogP contribution in [0, 0.1) is 29.2 Å². The molecule has 194 valence electrons. The van der Waals surface area contributed by atoms with Crippen LogP contribution in [0.15, 0.2) is 24.3 Å². The molecule has 0 saturated heterocycles. The summed E-state index contributed by atoms with van der Waals surface area (Å²) in [7, 11) is 0. The van der Waals surface area contributed by atoms with Crippen molar-refractivity contribution in [3.05, 3.63) is 58.7 Å². The van der Waals surface area contributed by atoms with Crippen molar-refractivity contribution in [2.24, 2.45) is 5.92 Å². The van der Waals surface area contributed by atoms with Crippen LogP contribution in [-0.4, -0.2) is 6.36 Å². The van der Waals surface area contributed by atoms with Crippen LogP contribution in [0.4, 0.5) is 39.5 Å². The van der Waals surface area contributed by atoms with E-state index in [-0.39, 0.29) is 23.6 Å². The van der Waals surface area contributed by atoms with Crippen molar-refractivity contribution in [3.63, 3.8) is 0 Å². The molecule has 0 radical (unpaired) electrons. The van der Waals surface area contributed by atoms with Gasteiger partial charge in [0.1, 0.15) is 22.9 Å². The summed E-state index contributed by atoms with van der Waals surface area (Å²) in [6, 6.07) is 1.54. The number of halogens is 9. The summed E-state index contributed by atoms with van der Waals surface area (Å²) in [4.78, 5) is 0. The fourth-order valence-corrected chi connectivity index (χ4v) is 4.39. The molecule has 0 amide bonds. The lowest BCUT2D eigenvalue weighted by molar-refractivity contribution is -0.276. The zero-order valence-corrected chi connectivity index (χ0v) is 18.6. The number of rotatable bonds is 8. The Balaban J connectivity index is 1.78. The molecule has 0 bridgehead atoms. The summed E-state index contributed by atoms with van der Waals surface area (Å²) in [5.41, 5.74) is -1.56. The van der Waals surface area contributed by atoms with E-state index in [1.54, 1.807) is 0 Å². The average molecular weight is 514 g/mol. The van der Waals surface area contributed by atoms with Gasteiger partial charge in [0.15, 0.2) is 11.6 Å². The smallest absolute Gasteiger partial charge is 0.429 e. The number of ether oxygens (including phenoxy) is 2. The molecule has 1 fully saturated rings. The molecule has 2 aromatic rings. The average Bonchev–Trinajstić information content (AvgIpc) is 2.73. The third kappa shape index (κ3) is 6.76. The minimum absolute atomic E-state index is 0.0147. The van der Waals surface area contributed by atoms with Gasteiger partial charge in [0.25, 0.3) is 0 Å². The Bertz CT molecular complexity index is 982. The van der Waals surface area contributed by atoms with Crippen LogP contribution in [-0.2, 0) is 6.11 Å². The van der Waals surface area contributed by atoms with E-state index in [1.807, 2.05) is 0 Å². The highest BCUT2D eigenvalue weighted by Gasteiger charge is 2.42. The Kier molecular flexibility index (Phi) is 8.16. The van der Waals surface area contributed by atoms with E-state index < -0.39 is 52.8 Å². The van der Waals surface area contributed by atoms with E-state index >= 15 is 0 Å². The zero-order chi connectivity index (χ0) is 26.0. The van der Waals surface area contributed by atoms with Crippen molar-refractivity contribution in [3.8, 4) is 11.5 Å². The molecule has 35 heavy (non-hydrogen) atoms.